The summed E-state index contributed by atoms with van der Waals surface area (Å²) in [6.45, 7) is 4.00. The summed E-state index contributed by atoms with van der Waals surface area (Å²) in [4.78, 5) is 22.3. The molecule has 0 N–H and O–H groups in total. The molecule has 102 valence electrons. The second-order valence-electron chi connectivity index (χ2n) is 4.72. The lowest BCUT2D eigenvalue weighted by atomic mass is 10.0. The van der Waals surface area contributed by atoms with Crippen LogP contribution in [0.5, 0.6) is 0 Å². The summed E-state index contributed by atoms with van der Waals surface area (Å²) in [7, 11) is 0. The molecule has 0 fully saturated rings. The molecule has 1 unspecified atom stereocenters. The number of rotatable bonds is 4. The number of carbonyl (C=O) groups is 1. The Morgan fingerprint density at radius 2 is 2.35 bits per heavy atom. The summed E-state index contributed by atoms with van der Waals surface area (Å²) >= 11 is 1.52. The maximum Gasteiger partial charge on any atom is 0.174 e. The summed E-state index contributed by atoms with van der Waals surface area (Å²) in [5, 5.41) is 0. The molecule has 20 heavy (non-hydrogen) atoms. The van der Waals surface area contributed by atoms with Crippen molar-refractivity contribution in [2.45, 2.75) is 26.2 Å². The molecule has 0 radical (unpaired) electrons. The fourth-order valence-corrected chi connectivity index (χ4v) is 3.38. The Morgan fingerprint density at radius 1 is 1.50 bits per heavy atom. The van der Waals surface area contributed by atoms with Crippen LogP contribution in [0.2, 0.25) is 0 Å². The molecule has 4 nitrogen and oxygen atoms in total. The molecule has 0 aliphatic carbocycles. The smallest absolute Gasteiger partial charge is 0.174 e. The topological polar surface area (TPSA) is 47.3 Å². The van der Waals surface area contributed by atoms with Crippen LogP contribution in [0.4, 0.5) is 0 Å². The predicted octanol–water partition coefficient (Wildman–Crippen LogP) is 3.54. The Labute approximate surface area is 121 Å². The van der Waals surface area contributed by atoms with Crippen molar-refractivity contribution in [2.24, 2.45) is 0 Å². The molecule has 5 heteroatoms. The fourth-order valence-electron chi connectivity index (χ4n) is 2.21. The van der Waals surface area contributed by atoms with Gasteiger partial charge in [-0.05, 0) is 11.6 Å². The van der Waals surface area contributed by atoms with Gasteiger partial charge in [-0.25, -0.2) is 4.98 Å². The summed E-state index contributed by atoms with van der Waals surface area (Å²) in [6.07, 6.45) is 7.81. The highest BCUT2D eigenvalue weighted by molar-refractivity contribution is 7.19. The number of thiazole rings is 1. The van der Waals surface area contributed by atoms with Gasteiger partial charge in [-0.15, -0.1) is 11.3 Å². The molecule has 3 aromatic rings. The Kier molecular flexibility index (Phi) is 3.36. The van der Waals surface area contributed by atoms with Gasteiger partial charge in [0.1, 0.15) is 11.2 Å². The number of ketones is 1. The molecular formula is C15H15N3OS. The zero-order valence-corrected chi connectivity index (χ0v) is 12.2. The van der Waals surface area contributed by atoms with Gasteiger partial charge in [-0.2, -0.15) is 0 Å². The first-order valence-corrected chi connectivity index (χ1v) is 7.42. The van der Waals surface area contributed by atoms with Crippen LogP contribution in [0.15, 0.2) is 37.1 Å². The minimum absolute atomic E-state index is 0.164. The average molecular weight is 285 g/mol. The average Bonchev–Trinajstić information content (AvgIpc) is 3.06. The third-order valence-corrected chi connectivity index (χ3v) is 4.59. The van der Waals surface area contributed by atoms with Crippen molar-refractivity contribution in [3.05, 3.63) is 53.2 Å². The van der Waals surface area contributed by atoms with Crippen LogP contribution in [0.3, 0.4) is 0 Å². The second-order valence-corrected chi connectivity index (χ2v) is 5.75. The van der Waals surface area contributed by atoms with Gasteiger partial charge in [-0.3, -0.25) is 14.2 Å². The van der Waals surface area contributed by atoms with Gasteiger partial charge < -0.3 is 0 Å². The minimum Gasteiger partial charge on any atom is -0.296 e. The van der Waals surface area contributed by atoms with Gasteiger partial charge in [0.15, 0.2) is 5.78 Å². The number of fused-ring (bicyclic) bond motifs is 1. The van der Waals surface area contributed by atoms with E-state index in [0.717, 1.165) is 21.0 Å². The van der Waals surface area contributed by atoms with Gasteiger partial charge >= 0.3 is 0 Å². The first kappa shape index (κ1) is 13.0. The highest BCUT2D eigenvalue weighted by Crippen LogP contribution is 2.30. The molecule has 1 atom stereocenters. The van der Waals surface area contributed by atoms with Crippen LogP contribution >= 0.6 is 11.3 Å². The summed E-state index contributed by atoms with van der Waals surface area (Å²) in [5.74, 6) is 0.343. The molecule has 0 aliphatic heterocycles. The van der Waals surface area contributed by atoms with Crippen LogP contribution in [-0.4, -0.2) is 20.2 Å². The van der Waals surface area contributed by atoms with Crippen LogP contribution < -0.4 is 0 Å². The molecule has 0 aliphatic rings. The molecule has 0 saturated heterocycles. The van der Waals surface area contributed by atoms with E-state index in [1.165, 1.54) is 11.3 Å². The number of imidazole rings is 1. The van der Waals surface area contributed by atoms with E-state index in [2.05, 4.69) is 23.0 Å². The number of hydrogen-bond acceptors (Lipinski definition) is 4. The standard InChI is InChI=1S/C15H15N3OS/c1-3-12(19)13-8-18-9-17-14(15(18)20-13)10(2)11-5-4-6-16-7-11/h4-10H,3H2,1-2H3. The van der Waals surface area contributed by atoms with E-state index in [0.29, 0.717) is 6.42 Å². The van der Waals surface area contributed by atoms with E-state index < -0.39 is 0 Å². The fraction of sp³-hybridized carbons (Fsp3) is 0.267. The molecule has 3 aromatic heterocycles. The van der Waals surface area contributed by atoms with Crippen LogP contribution in [0.25, 0.3) is 4.83 Å². The van der Waals surface area contributed by atoms with E-state index in [-0.39, 0.29) is 11.7 Å². The third kappa shape index (κ3) is 2.14. The summed E-state index contributed by atoms with van der Waals surface area (Å²) in [6, 6.07) is 3.98. The number of Topliss-reactive ketones (excluding diaryl/α,β-unsaturated/α-hetero) is 1. The second kappa shape index (κ2) is 5.17. The maximum absolute atomic E-state index is 11.8. The van der Waals surface area contributed by atoms with Crippen molar-refractivity contribution in [2.75, 3.05) is 0 Å². The Morgan fingerprint density at radius 3 is 3.05 bits per heavy atom. The van der Waals surface area contributed by atoms with E-state index in [9.17, 15) is 4.79 Å². The van der Waals surface area contributed by atoms with E-state index in [1.807, 2.05) is 29.8 Å². The first-order chi connectivity index (χ1) is 9.70. The van der Waals surface area contributed by atoms with Crippen molar-refractivity contribution in [1.29, 1.82) is 0 Å². The highest BCUT2D eigenvalue weighted by Gasteiger charge is 2.18. The molecule has 0 aromatic carbocycles. The number of nitrogens with zero attached hydrogens (tertiary/aromatic N) is 3. The molecule has 0 amide bonds. The zero-order chi connectivity index (χ0) is 14.1. The SMILES string of the molecule is CCC(=O)c1cn2cnc(C(C)c3cccnc3)c2s1. The first-order valence-electron chi connectivity index (χ1n) is 6.60. The van der Waals surface area contributed by atoms with Crippen molar-refractivity contribution in [3.8, 4) is 0 Å². The largest absolute Gasteiger partial charge is 0.296 e. The summed E-state index contributed by atoms with van der Waals surface area (Å²) in [5.41, 5.74) is 2.13. The quantitative estimate of drug-likeness (QED) is 0.689. The van der Waals surface area contributed by atoms with Crippen molar-refractivity contribution >= 4 is 22.0 Å². The number of pyridine rings is 1. The van der Waals surface area contributed by atoms with Gasteiger partial charge in [0.05, 0.1) is 10.6 Å². The number of aromatic nitrogens is 3. The summed E-state index contributed by atoms with van der Waals surface area (Å²) < 4.78 is 1.94. The minimum atomic E-state index is 0.164. The van der Waals surface area contributed by atoms with Crippen LogP contribution in [0, 0.1) is 0 Å². The van der Waals surface area contributed by atoms with Crippen molar-refractivity contribution in [1.82, 2.24) is 14.4 Å². The number of carbonyl (C=O) groups excluding carboxylic acids is 1. The molecule has 0 spiro atoms. The monoisotopic (exact) mass is 285 g/mol. The number of hydrogen-bond donors (Lipinski definition) is 0. The van der Waals surface area contributed by atoms with Crippen LogP contribution in [0.1, 0.15) is 47.1 Å². The lowest BCUT2D eigenvalue weighted by Crippen LogP contribution is -1.97. The Hall–Kier alpha value is -2.01. The van der Waals surface area contributed by atoms with Gasteiger partial charge in [0.2, 0.25) is 0 Å². The molecule has 3 heterocycles. The maximum atomic E-state index is 11.8. The lowest BCUT2D eigenvalue weighted by Gasteiger charge is -2.07. The molecular weight excluding hydrogens is 270 g/mol. The lowest BCUT2D eigenvalue weighted by molar-refractivity contribution is 0.0991. The Bertz CT molecular complexity index is 745. The zero-order valence-electron chi connectivity index (χ0n) is 11.4. The van der Waals surface area contributed by atoms with E-state index >= 15 is 0 Å². The highest BCUT2D eigenvalue weighted by atomic mass is 32.1. The van der Waals surface area contributed by atoms with Gasteiger partial charge in [-0.1, -0.05) is 19.9 Å². The van der Waals surface area contributed by atoms with Gasteiger partial charge in [0.25, 0.3) is 0 Å². The molecule has 0 saturated carbocycles. The normalized spacial score (nSPS) is 12.7. The van der Waals surface area contributed by atoms with Crippen LogP contribution in [-0.2, 0) is 0 Å². The van der Waals surface area contributed by atoms with E-state index in [1.54, 1.807) is 12.5 Å². The molecule has 3 rings (SSSR count). The van der Waals surface area contributed by atoms with Crippen molar-refractivity contribution < 1.29 is 4.79 Å². The molecule has 0 bridgehead atoms. The van der Waals surface area contributed by atoms with E-state index in [4.69, 9.17) is 0 Å². The van der Waals surface area contributed by atoms with Crippen molar-refractivity contribution in [3.63, 3.8) is 0 Å². The predicted molar refractivity (Wildman–Crippen MR) is 79.4 cm³/mol. The van der Waals surface area contributed by atoms with Gasteiger partial charge in [0, 0.05) is 30.9 Å². The third-order valence-electron chi connectivity index (χ3n) is 3.43. The Balaban J connectivity index is 2.04.